The minimum atomic E-state index is -0.297. The highest BCUT2D eigenvalue weighted by Gasteiger charge is 2.47. The van der Waals surface area contributed by atoms with E-state index in [2.05, 4.69) is 10.3 Å². The van der Waals surface area contributed by atoms with Crippen molar-refractivity contribution in [3.63, 3.8) is 0 Å². The lowest BCUT2D eigenvalue weighted by Gasteiger charge is -2.23. The lowest BCUT2D eigenvalue weighted by Crippen LogP contribution is -2.43. The molecule has 0 radical (unpaired) electrons. The highest BCUT2D eigenvalue weighted by atomic mass is 32.1. The third-order valence-corrected chi connectivity index (χ3v) is 7.40. The number of hydrogen-bond donors (Lipinski definition) is 1. The molecule has 8 nitrogen and oxygen atoms in total. The number of carbonyl (C=O) groups is 1. The monoisotopic (exact) mass is 453 g/mol. The van der Waals surface area contributed by atoms with Crippen LogP contribution in [0.1, 0.15) is 37.1 Å². The van der Waals surface area contributed by atoms with E-state index in [9.17, 15) is 9.59 Å². The van der Waals surface area contributed by atoms with Crippen molar-refractivity contribution in [2.75, 3.05) is 25.2 Å². The van der Waals surface area contributed by atoms with Crippen molar-refractivity contribution in [2.45, 2.75) is 50.7 Å². The van der Waals surface area contributed by atoms with Crippen molar-refractivity contribution in [1.82, 2.24) is 19.9 Å². The van der Waals surface area contributed by atoms with Crippen LogP contribution < -0.4 is 15.8 Å². The predicted octanol–water partition coefficient (Wildman–Crippen LogP) is 2.58. The number of hydrogen-bond acceptors (Lipinski definition) is 7. The van der Waals surface area contributed by atoms with E-state index in [1.54, 1.807) is 11.7 Å². The summed E-state index contributed by atoms with van der Waals surface area (Å²) >= 11 is 1.39. The average molecular weight is 454 g/mol. The maximum absolute atomic E-state index is 13.3. The van der Waals surface area contributed by atoms with Crippen molar-refractivity contribution < 1.29 is 9.53 Å². The molecule has 1 saturated heterocycles. The second-order valence-corrected chi connectivity index (χ2v) is 9.62. The molecule has 9 heteroatoms. The van der Waals surface area contributed by atoms with Crippen molar-refractivity contribution in [3.05, 3.63) is 52.1 Å². The molecule has 5 rings (SSSR count). The second-order valence-electron chi connectivity index (χ2n) is 8.66. The summed E-state index contributed by atoms with van der Waals surface area (Å²) in [6.45, 7) is 3.60. The van der Waals surface area contributed by atoms with Gasteiger partial charge in [-0.3, -0.25) is 14.2 Å². The zero-order valence-electron chi connectivity index (χ0n) is 18.3. The smallest absolute Gasteiger partial charge is 0.281 e. The minimum absolute atomic E-state index is 0.0100. The van der Waals surface area contributed by atoms with Gasteiger partial charge >= 0.3 is 0 Å². The third-order valence-electron chi connectivity index (χ3n) is 6.42. The molecule has 3 aromatic rings. The Bertz CT molecular complexity index is 1200. The molecular weight excluding hydrogens is 426 g/mol. The van der Waals surface area contributed by atoms with Gasteiger partial charge in [0.2, 0.25) is 5.91 Å². The van der Waals surface area contributed by atoms with Crippen LogP contribution in [0.4, 0.5) is 5.13 Å². The molecule has 0 spiro atoms. The summed E-state index contributed by atoms with van der Waals surface area (Å²) in [5.41, 5.74) is 1.03. The Morgan fingerprint density at radius 2 is 2.06 bits per heavy atom. The van der Waals surface area contributed by atoms with Crippen molar-refractivity contribution in [1.29, 1.82) is 0 Å². The van der Waals surface area contributed by atoms with Crippen molar-refractivity contribution in [2.24, 2.45) is 0 Å². The van der Waals surface area contributed by atoms with E-state index in [-0.39, 0.29) is 23.0 Å². The maximum atomic E-state index is 13.3. The van der Waals surface area contributed by atoms with Crippen LogP contribution in [0.3, 0.4) is 0 Å². The fourth-order valence-corrected chi connectivity index (χ4v) is 5.72. The first-order valence-electron chi connectivity index (χ1n) is 11.0. The quantitative estimate of drug-likeness (QED) is 0.592. The first-order chi connectivity index (χ1) is 15.5. The molecule has 168 valence electrons. The molecule has 3 heterocycles. The van der Waals surface area contributed by atoms with Crippen LogP contribution in [0.25, 0.3) is 10.3 Å². The van der Waals surface area contributed by atoms with Crippen LogP contribution in [0, 0.1) is 6.92 Å². The third kappa shape index (κ3) is 3.69. The normalized spacial score (nSPS) is 19.4. The van der Waals surface area contributed by atoms with Crippen LogP contribution in [0.2, 0.25) is 0 Å². The number of ether oxygens (including phenoxy) is 1. The molecule has 2 aliphatic rings. The van der Waals surface area contributed by atoms with Gasteiger partial charge in [0, 0.05) is 20.2 Å². The number of carbonyl (C=O) groups excluding carboxylic acids is 1. The Morgan fingerprint density at radius 3 is 2.78 bits per heavy atom. The molecule has 32 heavy (non-hydrogen) atoms. The number of nitrogens with one attached hydrogen (secondary N) is 1. The van der Waals surface area contributed by atoms with E-state index >= 15 is 0 Å². The van der Waals surface area contributed by atoms with Gasteiger partial charge in [-0.25, -0.2) is 9.97 Å². The number of amides is 1. The summed E-state index contributed by atoms with van der Waals surface area (Å²) in [5, 5.41) is 3.74. The zero-order valence-corrected chi connectivity index (χ0v) is 19.2. The van der Waals surface area contributed by atoms with Gasteiger partial charge in [-0.15, -0.1) is 0 Å². The number of aryl methyl sites for hydroxylation is 1. The summed E-state index contributed by atoms with van der Waals surface area (Å²) in [6.07, 6.45) is 3.49. The van der Waals surface area contributed by atoms with Gasteiger partial charge in [0.15, 0.2) is 15.5 Å². The van der Waals surface area contributed by atoms with E-state index in [0.717, 1.165) is 37.8 Å². The molecule has 1 saturated carbocycles. The van der Waals surface area contributed by atoms with E-state index in [0.29, 0.717) is 34.5 Å². The van der Waals surface area contributed by atoms with Crippen LogP contribution in [-0.4, -0.2) is 46.7 Å². The number of anilines is 1. The van der Waals surface area contributed by atoms with E-state index in [1.807, 2.05) is 42.2 Å². The summed E-state index contributed by atoms with van der Waals surface area (Å²) in [5.74, 6) is 0.676. The van der Waals surface area contributed by atoms with Gasteiger partial charge < -0.3 is 15.0 Å². The highest BCUT2D eigenvalue weighted by Crippen LogP contribution is 2.43. The average Bonchev–Trinajstić information content (AvgIpc) is 3.21. The van der Waals surface area contributed by atoms with Crippen LogP contribution in [0.15, 0.2) is 35.1 Å². The van der Waals surface area contributed by atoms with Crippen molar-refractivity contribution >= 4 is 32.7 Å². The largest absolute Gasteiger partial charge is 0.382 e. The topological polar surface area (TPSA) is 89.3 Å². The van der Waals surface area contributed by atoms with Gasteiger partial charge in [-0.1, -0.05) is 41.7 Å². The molecule has 0 bridgehead atoms. The summed E-state index contributed by atoms with van der Waals surface area (Å²) in [4.78, 5) is 38.3. The number of rotatable bonds is 7. The number of fused-ring (bicyclic) bond motifs is 1. The number of methoxy groups -OCH3 is 1. The standard InChI is InChI=1S/C23H27N5O3S/c1-15-25-20-18(21(30)28(15)23(10-11-23)14-31-2)26-22(32-20)27-12-6-9-17(27)19(29)24-13-16-7-4-3-5-8-16/h3-5,7-8,17H,6,9-14H2,1-2H3,(H,24,29). The van der Waals surface area contributed by atoms with Crippen LogP contribution in [0.5, 0.6) is 0 Å². The molecule has 1 atom stereocenters. The number of thiazole rings is 1. The number of benzene rings is 1. The Kier molecular flexibility index (Phi) is 5.46. The van der Waals surface area contributed by atoms with Gasteiger partial charge in [0.05, 0.1) is 12.1 Å². The molecule has 1 aromatic carbocycles. The lowest BCUT2D eigenvalue weighted by atomic mass is 10.2. The van der Waals surface area contributed by atoms with Gasteiger partial charge in [0.25, 0.3) is 5.56 Å². The fourth-order valence-electron chi connectivity index (χ4n) is 4.66. The van der Waals surface area contributed by atoms with E-state index in [4.69, 9.17) is 9.72 Å². The summed E-state index contributed by atoms with van der Waals surface area (Å²) in [7, 11) is 1.66. The molecule has 2 fully saturated rings. The highest BCUT2D eigenvalue weighted by molar-refractivity contribution is 7.21. The Balaban J connectivity index is 1.41. The van der Waals surface area contributed by atoms with E-state index < -0.39 is 0 Å². The molecule has 2 aromatic heterocycles. The van der Waals surface area contributed by atoms with Gasteiger partial charge in [-0.05, 0) is 38.2 Å². The SMILES string of the molecule is COCC1(n2c(C)nc3sc(N4CCCC4C(=O)NCc4ccccc4)nc3c2=O)CC1. The molecule has 1 aliphatic heterocycles. The predicted molar refractivity (Wildman–Crippen MR) is 124 cm³/mol. The molecule has 1 amide bonds. The van der Waals surface area contributed by atoms with Crippen LogP contribution in [-0.2, 0) is 21.6 Å². The first kappa shape index (κ1) is 21.1. The molecular formula is C23H27N5O3S. The van der Waals surface area contributed by atoms with Crippen molar-refractivity contribution in [3.8, 4) is 0 Å². The maximum Gasteiger partial charge on any atom is 0.281 e. The van der Waals surface area contributed by atoms with Crippen LogP contribution >= 0.6 is 11.3 Å². The molecule has 1 aliphatic carbocycles. The Labute approximate surface area is 190 Å². The number of nitrogens with zero attached hydrogens (tertiary/aromatic N) is 4. The van der Waals surface area contributed by atoms with E-state index in [1.165, 1.54) is 11.3 Å². The Hall–Kier alpha value is -2.78. The Morgan fingerprint density at radius 1 is 1.28 bits per heavy atom. The first-order valence-corrected chi connectivity index (χ1v) is 11.8. The summed E-state index contributed by atoms with van der Waals surface area (Å²) in [6, 6.07) is 9.59. The molecule has 1 unspecified atom stereocenters. The molecule has 1 N–H and O–H groups in total. The lowest BCUT2D eigenvalue weighted by molar-refractivity contribution is -0.122. The summed E-state index contributed by atoms with van der Waals surface area (Å²) < 4.78 is 7.13. The number of aromatic nitrogens is 3. The van der Waals surface area contributed by atoms with Gasteiger partial charge in [-0.2, -0.15) is 0 Å². The minimum Gasteiger partial charge on any atom is -0.382 e. The second kappa shape index (κ2) is 8.29. The zero-order chi connectivity index (χ0) is 22.3. The van der Waals surface area contributed by atoms with Gasteiger partial charge in [0.1, 0.15) is 11.9 Å². The fraction of sp³-hybridized carbons (Fsp3) is 0.478.